The van der Waals surface area contributed by atoms with Crippen molar-refractivity contribution in [1.82, 2.24) is 4.98 Å². The van der Waals surface area contributed by atoms with Gasteiger partial charge >= 0.3 is 0 Å². The number of nitrogens with one attached hydrogen (secondary N) is 1. The van der Waals surface area contributed by atoms with Crippen molar-refractivity contribution in [3.63, 3.8) is 0 Å². The number of hydrogen-bond donors (Lipinski definition) is 2. The minimum Gasteiger partial charge on any atom is -0.361 e. The monoisotopic (exact) mass is 228 g/mol. The third-order valence-corrected chi connectivity index (χ3v) is 3.71. The predicted octanol–water partition coefficient (Wildman–Crippen LogP) is 3.36. The number of H-pyrrole nitrogens is 1. The number of benzene rings is 1. The summed E-state index contributed by atoms with van der Waals surface area (Å²) in [5.74, 6) is 0. The first-order chi connectivity index (χ1) is 7.88. The van der Waals surface area contributed by atoms with Crippen LogP contribution in [0.5, 0.6) is 0 Å². The highest BCUT2D eigenvalue weighted by Crippen LogP contribution is 2.29. The molecule has 0 aliphatic rings. The largest absolute Gasteiger partial charge is 0.361 e. The van der Waals surface area contributed by atoms with Crippen molar-refractivity contribution in [3.8, 4) is 10.4 Å². The van der Waals surface area contributed by atoms with Gasteiger partial charge in [-0.2, -0.15) is 0 Å². The van der Waals surface area contributed by atoms with E-state index in [1.807, 2.05) is 6.20 Å². The molecule has 2 heterocycles. The lowest BCUT2D eigenvalue weighted by Crippen LogP contribution is -1.93. The van der Waals surface area contributed by atoms with E-state index in [1.54, 1.807) is 11.3 Å². The Morgan fingerprint density at radius 3 is 2.94 bits per heavy atom. The molecule has 0 unspecified atom stereocenters. The SMILES string of the molecule is NCc1c[nH]c2ccc(-c3cccs3)cc12. The Balaban J connectivity index is 2.21. The summed E-state index contributed by atoms with van der Waals surface area (Å²) in [6.45, 7) is 0.577. The smallest absolute Gasteiger partial charge is 0.0457 e. The standard InChI is InChI=1S/C13H12N2S/c14-7-10-8-15-12-4-3-9(6-11(10)12)13-2-1-5-16-13/h1-6,8,15H,7,14H2. The molecule has 0 aliphatic heterocycles. The van der Waals surface area contributed by atoms with Crippen LogP contribution in [0.1, 0.15) is 5.56 Å². The molecule has 0 saturated heterocycles. The topological polar surface area (TPSA) is 41.8 Å². The molecule has 3 N–H and O–H groups in total. The second-order valence-electron chi connectivity index (χ2n) is 3.76. The Bertz CT molecular complexity index is 608. The summed E-state index contributed by atoms with van der Waals surface area (Å²) in [7, 11) is 0. The van der Waals surface area contributed by atoms with E-state index in [4.69, 9.17) is 5.73 Å². The Kier molecular flexibility index (Phi) is 2.27. The highest BCUT2D eigenvalue weighted by molar-refractivity contribution is 7.13. The normalized spacial score (nSPS) is 11.1. The van der Waals surface area contributed by atoms with Crippen molar-refractivity contribution >= 4 is 22.2 Å². The number of hydrogen-bond acceptors (Lipinski definition) is 2. The average Bonchev–Trinajstić information content (AvgIpc) is 2.97. The molecule has 0 amide bonds. The molecule has 2 nitrogen and oxygen atoms in total. The number of rotatable bonds is 2. The summed E-state index contributed by atoms with van der Waals surface area (Å²) < 4.78 is 0. The quantitative estimate of drug-likeness (QED) is 0.694. The van der Waals surface area contributed by atoms with Crippen molar-refractivity contribution < 1.29 is 0 Å². The van der Waals surface area contributed by atoms with Crippen LogP contribution in [0.4, 0.5) is 0 Å². The second-order valence-corrected chi connectivity index (χ2v) is 4.70. The van der Waals surface area contributed by atoms with Gasteiger partial charge in [0.2, 0.25) is 0 Å². The summed E-state index contributed by atoms with van der Waals surface area (Å²) in [5, 5.41) is 3.33. The number of aromatic amines is 1. The summed E-state index contributed by atoms with van der Waals surface area (Å²) in [4.78, 5) is 4.53. The first kappa shape index (κ1) is 9.63. The summed E-state index contributed by atoms with van der Waals surface area (Å²) in [6.07, 6.45) is 1.99. The van der Waals surface area contributed by atoms with Gasteiger partial charge in [-0.1, -0.05) is 12.1 Å². The van der Waals surface area contributed by atoms with Crippen molar-refractivity contribution in [2.75, 3.05) is 0 Å². The number of thiophene rings is 1. The summed E-state index contributed by atoms with van der Waals surface area (Å²) in [5.41, 5.74) is 9.30. The molecule has 1 aromatic carbocycles. The van der Waals surface area contributed by atoms with E-state index in [0.29, 0.717) is 6.54 Å². The highest BCUT2D eigenvalue weighted by Gasteiger charge is 2.04. The highest BCUT2D eigenvalue weighted by atomic mass is 32.1. The zero-order valence-corrected chi connectivity index (χ0v) is 9.55. The molecule has 0 bridgehead atoms. The van der Waals surface area contributed by atoms with Crippen LogP contribution in [0, 0.1) is 0 Å². The van der Waals surface area contributed by atoms with E-state index in [-0.39, 0.29) is 0 Å². The fraction of sp³-hybridized carbons (Fsp3) is 0.0769. The fourth-order valence-corrected chi connectivity index (χ4v) is 2.67. The van der Waals surface area contributed by atoms with E-state index in [1.165, 1.54) is 21.4 Å². The fourth-order valence-electron chi connectivity index (χ4n) is 1.94. The third-order valence-electron chi connectivity index (χ3n) is 2.79. The maximum atomic E-state index is 5.71. The number of nitrogens with two attached hydrogens (primary N) is 1. The van der Waals surface area contributed by atoms with Crippen LogP contribution in [-0.2, 0) is 6.54 Å². The molecule has 3 rings (SSSR count). The Morgan fingerprint density at radius 2 is 2.19 bits per heavy atom. The molecule has 0 spiro atoms. The number of fused-ring (bicyclic) bond motifs is 1. The van der Waals surface area contributed by atoms with E-state index < -0.39 is 0 Å². The lowest BCUT2D eigenvalue weighted by atomic mass is 10.1. The molecule has 0 radical (unpaired) electrons. The summed E-state index contributed by atoms with van der Waals surface area (Å²) in [6, 6.07) is 10.7. The van der Waals surface area contributed by atoms with Gasteiger partial charge in [0, 0.05) is 28.5 Å². The van der Waals surface area contributed by atoms with Crippen LogP contribution < -0.4 is 5.73 Å². The van der Waals surface area contributed by atoms with Gasteiger partial charge in [-0.3, -0.25) is 0 Å². The van der Waals surface area contributed by atoms with Gasteiger partial charge in [0.1, 0.15) is 0 Å². The molecule has 0 aliphatic carbocycles. The zero-order chi connectivity index (χ0) is 11.0. The van der Waals surface area contributed by atoms with Gasteiger partial charge in [0.25, 0.3) is 0 Å². The average molecular weight is 228 g/mol. The van der Waals surface area contributed by atoms with Crippen LogP contribution in [0.3, 0.4) is 0 Å². The van der Waals surface area contributed by atoms with Gasteiger partial charge < -0.3 is 10.7 Å². The van der Waals surface area contributed by atoms with E-state index in [0.717, 1.165) is 5.52 Å². The molecule has 16 heavy (non-hydrogen) atoms. The molecular formula is C13H12N2S. The van der Waals surface area contributed by atoms with Crippen molar-refractivity contribution in [3.05, 3.63) is 47.5 Å². The van der Waals surface area contributed by atoms with Crippen LogP contribution in [0.15, 0.2) is 41.9 Å². The molecule has 0 saturated carbocycles. The lowest BCUT2D eigenvalue weighted by Gasteiger charge is -1.99. The van der Waals surface area contributed by atoms with Gasteiger partial charge in [-0.05, 0) is 34.7 Å². The van der Waals surface area contributed by atoms with Crippen LogP contribution in [0.2, 0.25) is 0 Å². The molecule has 3 aromatic rings. The molecule has 2 aromatic heterocycles. The Hall–Kier alpha value is -1.58. The van der Waals surface area contributed by atoms with Crippen LogP contribution in [0.25, 0.3) is 21.3 Å². The minimum absolute atomic E-state index is 0.577. The number of aromatic nitrogens is 1. The van der Waals surface area contributed by atoms with E-state index in [9.17, 15) is 0 Å². The Morgan fingerprint density at radius 1 is 1.25 bits per heavy atom. The van der Waals surface area contributed by atoms with Crippen molar-refractivity contribution in [2.24, 2.45) is 5.73 Å². The maximum Gasteiger partial charge on any atom is 0.0457 e. The Labute approximate surface area is 97.7 Å². The van der Waals surface area contributed by atoms with E-state index >= 15 is 0 Å². The molecule has 0 fully saturated rings. The second kappa shape index (κ2) is 3.77. The molecule has 0 atom stereocenters. The lowest BCUT2D eigenvalue weighted by molar-refractivity contribution is 1.08. The van der Waals surface area contributed by atoms with Crippen LogP contribution >= 0.6 is 11.3 Å². The first-order valence-corrected chi connectivity index (χ1v) is 6.10. The van der Waals surface area contributed by atoms with Gasteiger partial charge in [-0.25, -0.2) is 0 Å². The third kappa shape index (κ3) is 1.45. The predicted molar refractivity (Wildman–Crippen MR) is 69.5 cm³/mol. The van der Waals surface area contributed by atoms with Gasteiger partial charge in [-0.15, -0.1) is 11.3 Å². The first-order valence-electron chi connectivity index (χ1n) is 5.22. The minimum atomic E-state index is 0.577. The van der Waals surface area contributed by atoms with E-state index in [2.05, 4.69) is 40.7 Å². The maximum absolute atomic E-state index is 5.71. The van der Waals surface area contributed by atoms with Crippen LogP contribution in [-0.4, -0.2) is 4.98 Å². The van der Waals surface area contributed by atoms with Gasteiger partial charge in [0.15, 0.2) is 0 Å². The van der Waals surface area contributed by atoms with Gasteiger partial charge in [0.05, 0.1) is 0 Å². The zero-order valence-electron chi connectivity index (χ0n) is 8.73. The molecule has 80 valence electrons. The van der Waals surface area contributed by atoms with Crippen molar-refractivity contribution in [1.29, 1.82) is 0 Å². The molecule has 3 heteroatoms. The summed E-state index contributed by atoms with van der Waals surface area (Å²) >= 11 is 1.76. The van der Waals surface area contributed by atoms with Crippen molar-refractivity contribution in [2.45, 2.75) is 6.54 Å². The molecular weight excluding hydrogens is 216 g/mol.